The number of halogens is 3. The van der Waals surface area contributed by atoms with Crippen LogP contribution in [-0.2, 0) is 21.6 Å². The highest BCUT2D eigenvalue weighted by atomic mass is 35.5. The molecule has 3 heterocycles. The maximum absolute atomic E-state index is 15.4. The van der Waals surface area contributed by atoms with Crippen molar-refractivity contribution < 1.29 is 28.6 Å². The van der Waals surface area contributed by atoms with E-state index >= 15 is 4.39 Å². The summed E-state index contributed by atoms with van der Waals surface area (Å²) in [4.78, 5) is 47.2. The first-order valence-electron chi connectivity index (χ1n) is 13.8. The van der Waals surface area contributed by atoms with Crippen LogP contribution in [0.3, 0.4) is 0 Å². The van der Waals surface area contributed by atoms with E-state index in [0.717, 1.165) is 5.56 Å². The van der Waals surface area contributed by atoms with Crippen LogP contribution < -0.4 is 10.6 Å². The molecule has 2 aliphatic heterocycles. The van der Waals surface area contributed by atoms with E-state index < -0.39 is 29.5 Å². The summed E-state index contributed by atoms with van der Waals surface area (Å²) >= 11 is 12.7. The van der Waals surface area contributed by atoms with Crippen molar-refractivity contribution in [2.24, 2.45) is 0 Å². The zero-order chi connectivity index (χ0) is 31.0. The lowest BCUT2D eigenvalue weighted by Crippen LogP contribution is -2.54. The number of likely N-dealkylation sites (tertiary alicyclic amines) is 1. The first-order valence-corrected chi connectivity index (χ1v) is 14.6. The lowest BCUT2D eigenvalue weighted by Gasteiger charge is -2.45. The van der Waals surface area contributed by atoms with Gasteiger partial charge >= 0.3 is 12.2 Å². The third kappa shape index (κ3) is 5.68. The second-order valence-electron chi connectivity index (χ2n) is 10.7. The molecule has 10 nitrogen and oxygen atoms in total. The van der Waals surface area contributed by atoms with E-state index in [9.17, 15) is 14.4 Å². The Balaban J connectivity index is 1.35. The van der Waals surface area contributed by atoms with Crippen LogP contribution in [0.5, 0.6) is 0 Å². The lowest BCUT2D eigenvalue weighted by atomic mass is 9.82. The molecule has 2 atom stereocenters. The summed E-state index contributed by atoms with van der Waals surface area (Å²) in [6, 6.07) is 18.8. The smallest absolute Gasteiger partial charge is 0.412 e. The third-order valence-electron chi connectivity index (χ3n) is 7.84. The summed E-state index contributed by atoms with van der Waals surface area (Å²) < 4.78 is 21.2. The number of carboxylic acid groups (broad SMARTS) is 1. The number of benzene rings is 3. The molecule has 6 rings (SSSR count). The summed E-state index contributed by atoms with van der Waals surface area (Å²) in [5.41, 5.74) is 1.21. The molecule has 3 aromatic carbocycles. The van der Waals surface area contributed by atoms with E-state index in [1.54, 1.807) is 29.2 Å². The molecule has 1 aromatic heterocycles. The van der Waals surface area contributed by atoms with Gasteiger partial charge in [-0.15, -0.1) is 0 Å². The highest BCUT2D eigenvalue weighted by Gasteiger charge is 2.49. The number of piperidine rings is 1. The van der Waals surface area contributed by atoms with Gasteiger partial charge in [-0.05, 0) is 49.1 Å². The van der Waals surface area contributed by atoms with E-state index in [1.807, 2.05) is 30.3 Å². The number of carbonyl (C=O) groups is 3. The molecule has 3 amide bonds. The van der Waals surface area contributed by atoms with Crippen LogP contribution in [0.2, 0.25) is 10.2 Å². The van der Waals surface area contributed by atoms with Gasteiger partial charge in [-0.2, -0.15) is 0 Å². The van der Waals surface area contributed by atoms with Crippen molar-refractivity contribution in [3.63, 3.8) is 0 Å². The van der Waals surface area contributed by atoms with Crippen molar-refractivity contribution in [3.8, 4) is 11.3 Å². The number of carbonyl (C=O) groups excluding carboxylic acids is 2. The third-order valence-corrected chi connectivity index (χ3v) is 8.41. The van der Waals surface area contributed by atoms with Crippen LogP contribution in [0.1, 0.15) is 35.7 Å². The second kappa shape index (κ2) is 11.8. The van der Waals surface area contributed by atoms with Crippen LogP contribution in [0.15, 0.2) is 66.7 Å². The zero-order valence-electron chi connectivity index (χ0n) is 23.1. The highest BCUT2D eigenvalue weighted by molar-refractivity contribution is 6.32. The molecule has 1 saturated heterocycles. The van der Waals surface area contributed by atoms with E-state index in [4.69, 9.17) is 38.0 Å². The number of hydrogen-bond donors (Lipinski definition) is 4. The fraction of sp³-hybridized carbons (Fsp3) is 0.226. The van der Waals surface area contributed by atoms with Crippen molar-refractivity contribution in [3.05, 3.63) is 99.7 Å². The van der Waals surface area contributed by atoms with Crippen LogP contribution in [0.25, 0.3) is 11.3 Å². The molecule has 1 spiro atoms. The van der Waals surface area contributed by atoms with Crippen molar-refractivity contribution in [2.45, 2.75) is 30.8 Å². The Morgan fingerprint density at radius 1 is 1.11 bits per heavy atom. The average molecular weight is 638 g/mol. The zero-order valence-corrected chi connectivity index (χ0v) is 24.6. The first-order chi connectivity index (χ1) is 21.1. The van der Waals surface area contributed by atoms with Gasteiger partial charge in [-0.25, -0.2) is 19.0 Å². The fourth-order valence-corrected chi connectivity index (χ4v) is 6.30. The van der Waals surface area contributed by atoms with Gasteiger partial charge in [0.2, 0.25) is 5.91 Å². The van der Waals surface area contributed by atoms with E-state index in [1.165, 1.54) is 12.1 Å². The molecule has 2 aliphatic rings. The average Bonchev–Trinajstić information content (AvgIpc) is 3.39. The summed E-state index contributed by atoms with van der Waals surface area (Å²) in [5.74, 6) is -1.49. The minimum Gasteiger partial charge on any atom is -0.465 e. The van der Waals surface area contributed by atoms with Crippen LogP contribution >= 0.6 is 23.2 Å². The Kier molecular flexibility index (Phi) is 7.91. The molecule has 0 saturated carbocycles. The number of fused-ring (bicyclic) bond motifs is 2. The Morgan fingerprint density at radius 2 is 1.86 bits per heavy atom. The van der Waals surface area contributed by atoms with Gasteiger partial charge in [0.15, 0.2) is 11.4 Å². The van der Waals surface area contributed by atoms with Crippen LogP contribution in [0.4, 0.5) is 25.4 Å². The molecule has 0 aliphatic carbocycles. The van der Waals surface area contributed by atoms with Crippen molar-refractivity contribution in [1.82, 2.24) is 14.9 Å². The van der Waals surface area contributed by atoms with Crippen molar-refractivity contribution >= 4 is 52.7 Å². The topological polar surface area (TPSA) is 137 Å². The second-order valence-corrected chi connectivity index (χ2v) is 11.5. The predicted octanol–water partition coefficient (Wildman–Crippen LogP) is 7.02. The molecule has 13 heteroatoms. The molecule has 44 heavy (non-hydrogen) atoms. The molecule has 4 aromatic rings. The summed E-state index contributed by atoms with van der Waals surface area (Å²) in [6.45, 7) is 0.280. The van der Waals surface area contributed by atoms with Crippen molar-refractivity contribution in [2.75, 3.05) is 23.7 Å². The maximum Gasteiger partial charge on any atom is 0.412 e. The van der Waals surface area contributed by atoms with Gasteiger partial charge in [0.1, 0.15) is 22.6 Å². The SMILES string of the molecule is O=C(O)Nc1ccc(-c2nc(C(Cc3ccccc3)C(=O)N3CCCC4(C3)OC(=O)Nc3ccc(Cl)c(F)c34)[nH]c2Cl)cc1. The standard InChI is InChI=1S/C31H26Cl2FN5O5/c32-21-11-12-22-23(24(21)34)31(44-30(43)36-22)13-4-14-39(16-31)28(40)20(15-17-5-2-1-3-6-17)27-37-25(26(33)38-27)18-7-9-19(10-8-18)35-29(41)42/h1-3,5-12,20,35H,4,13-16H2,(H,36,43)(H,37,38)(H,41,42). The van der Waals surface area contributed by atoms with Crippen LogP contribution in [0, 0.1) is 5.82 Å². The molecule has 2 unspecified atom stereocenters. The molecule has 0 radical (unpaired) electrons. The Morgan fingerprint density at radius 3 is 2.59 bits per heavy atom. The molecular formula is C31H26Cl2FN5O5. The Bertz CT molecular complexity index is 1750. The number of ether oxygens (including phenoxy) is 1. The number of nitrogens with zero attached hydrogens (tertiary/aromatic N) is 2. The van der Waals surface area contributed by atoms with E-state index in [-0.39, 0.29) is 40.3 Å². The van der Waals surface area contributed by atoms with Gasteiger partial charge in [0.25, 0.3) is 0 Å². The number of H-pyrrole nitrogens is 1. The number of aromatic amines is 1. The number of hydrogen-bond acceptors (Lipinski definition) is 5. The van der Waals surface area contributed by atoms with Gasteiger partial charge in [-0.1, -0.05) is 65.7 Å². The minimum absolute atomic E-state index is 0.0753. The van der Waals surface area contributed by atoms with E-state index in [0.29, 0.717) is 42.2 Å². The normalized spacial score (nSPS) is 18.2. The number of anilines is 2. The van der Waals surface area contributed by atoms with Gasteiger partial charge < -0.3 is 19.7 Å². The first kappa shape index (κ1) is 29.5. The number of rotatable bonds is 6. The van der Waals surface area contributed by atoms with Gasteiger partial charge in [0.05, 0.1) is 22.8 Å². The Hall–Kier alpha value is -4.61. The fourth-order valence-electron chi connectivity index (χ4n) is 5.89. The van der Waals surface area contributed by atoms with E-state index in [2.05, 4.69) is 15.6 Å². The van der Waals surface area contributed by atoms with Gasteiger partial charge in [0, 0.05) is 17.8 Å². The highest BCUT2D eigenvalue weighted by Crippen LogP contribution is 2.45. The molecular weight excluding hydrogens is 612 g/mol. The summed E-state index contributed by atoms with van der Waals surface area (Å²) in [6.07, 6.45) is -0.883. The minimum atomic E-state index is -1.42. The maximum atomic E-state index is 15.4. The molecule has 226 valence electrons. The monoisotopic (exact) mass is 637 g/mol. The number of nitrogens with one attached hydrogen (secondary N) is 3. The number of imidazole rings is 1. The largest absolute Gasteiger partial charge is 0.465 e. The number of amides is 3. The predicted molar refractivity (Wildman–Crippen MR) is 163 cm³/mol. The summed E-state index contributed by atoms with van der Waals surface area (Å²) in [7, 11) is 0. The summed E-state index contributed by atoms with van der Waals surface area (Å²) in [5, 5.41) is 13.9. The van der Waals surface area contributed by atoms with Gasteiger partial charge in [-0.3, -0.25) is 15.4 Å². The molecule has 0 bridgehead atoms. The van der Waals surface area contributed by atoms with Crippen molar-refractivity contribution in [1.29, 1.82) is 0 Å². The number of aromatic nitrogens is 2. The lowest BCUT2D eigenvalue weighted by molar-refractivity contribution is -0.141. The molecule has 4 N–H and O–H groups in total. The Labute approximate surface area is 261 Å². The van der Waals surface area contributed by atoms with Crippen LogP contribution in [-0.4, -0.2) is 51.2 Å². The quantitative estimate of drug-likeness (QED) is 0.179. The molecule has 1 fully saturated rings.